The number of thiazole rings is 1. The van der Waals surface area contributed by atoms with Crippen molar-refractivity contribution < 1.29 is 4.79 Å². The first-order valence-corrected chi connectivity index (χ1v) is 6.79. The van der Waals surface area contributed by atoms with E-state index in [1.165, 1.54) is 11.3 Å². The smallest absolute Gasteiger partial charge is 0.286 e. The molecule has 0 bridgehead atoms. The van der Waals surface area contributed by atoms with Crippen LogP contribution < -0.4 is 5.43 Å². The van der Waals surface area contributed by atoms with Gasteiger partial charge in [0.1, 0.15) is 5.69 Å². The zero-order chi connectivity index (χ0) is 13.9. The third-order valence-corrected chi connectivity index (χ3v) is 3.49. The van der Waals surface area contributed by atoms with Gasteiger partial charge in [0, 0.05) is 24.0 Å². The number of pyridine rings is 1. The van der Waals surface area contributed by atoms with Gasteiger partial charge in [0.25, 0.3) is 5.91 Å². The fraction of sp³-hybridized carbons (Fsp3) is 0.0769. The van der Waals surface area contributed by atoms with Gasteiger partial charge >= 0.3 is 0 Å². The number of hydrogen-bond acceptors (Lipinski definition) is 5. The first-order chi connectivity index (χ1) is 9.75. The number of amides is 1. The minimum atomic E-state index is -0.279. The van der Waals surface area contributed by atoms with Crippen LogP contribution in [0.15, 0.2) is 41.2 Å². The molecule has 0 unspecified atom stereocenters. The molecule has 0 aliphatic carbocycles. The Hall–Kier alpha value is -2.54. The average Bonchev–Trinajstić information content (AvgIpc) is 2.99. The van der Waals surface area contributed by atoms with E-state index in [0.29, 0.717) is 11.4 Å². The van der Waals surface area contributed by atoms with Gasteiger partial charge in [-0.25, -0.2) is 10.4 Å². The van der Waals surface area contributed by atoms with E-state index in [9.17, 15) is 4.79 Å². The van der Waals surface area contributed by atoms with Crippen LogP contribution in [-0.4, -0.2) is 26.5 Å². The molecule has 1 N–H and O–H groups in total. The zero-order valence-electron chi connectivity index (χ0n) is 10.6. The molecule has 6 nitrogen and oxygen atoms in total. The van der Waals surface area contributed by atoms with E-state index in [-0.39, 0.29) is 5.91 Å². The highest BCUT2D eigenvalue weighted by molar-refractivity contribution is 7.15. The van der Waals surface area contributed by atoms with Crippen LogP contribution in [0.1, 0.15) is 21.7 Å². The third kappa shape index (κ3) is 2.30. The second kappa shape index (κ2) is 5.22. The maximum absolute atomic E-state index is 12.1. The lowest BCUT2D eigenvalue weighted by molar-refractivity contribution is 0.0948. The molecule has 0 fully saturated rings. The molecule has 0 saturated carbocycles. The molecule has 7 heteroatoms. The number of aryl methyl sites for hydroxylation is 1. The average molecular weight is 285 g/mol. The van der Waals surface area contributed by atoms with Crippen molar-refractivity contribution in [1.29, 1.82) is 0 Å². The molecular formula is C13H11N5OS. The number of hydrogen-bond donors (Lipinski definition) is 1. The van der Waals surface area contributed by atoms with Crippen LogP contribution in [0.3, 0.4) is 0 Å². The summed E-state index contributed by atoms with van der Waals surface area (Å²) in [5, 5.41) is 5.83. The predicted molar refractivity (Wildman–Crippen MR) is 77.1 cm³/mol. The molecule has 0 saturated heterocycles. The fourth-order valence-electron chi connectivity index (χ4n) is 1.84. The largest absolute Gasteiger partial charge is 0.290 e. The second-order valence-corrected chi connectivity index (χ2v) is 4.95. The Morgan fingerprint density at radius 2 is 2.25 bits per heavy atom. The molecule has 0 spiro atoms. The van der Waals surface area contributed by atoms with Crippen molar-refractivity contribution in [3.63, 3.8) is 0 Å². The molecule has 100 valence electrons. The van der Waals surface area contributed by atoms with Gasteiger partial charge < -0.3 is 0 Å². The SMILES string of the molecule is Cc1nc2sccn2c1C(=O)N/N=C\c1ccncc1. The van der Waals surface area contributed by atoms with Crippen molar-refractivity contribution in [2.75, 3.05) is 0 Å². The number of aromatic nitrogens is 3. The minimum absolute atomic E-state index is 0.279. The number of carbonyl (C=O) groups excluding carboxylic acids is 1. The standard InChI is InChI=1S/C13H11N5OS/c1-9-11(18-6-7-20-13(18)16-9)12(19)17-15-8-10-2-4-14-5-3-10/h2-8H,1H3,(H,17,19)/b15-8-. The Balaban J connectivity index is 1.78. The lowest BCUT2D eigenvalue weighted by Crippen LogP contribution is -2.20. The number of fused-ring (bicyclic) bond motifs is 1. The number of hydrazone groups is 1. The first kappa shape index (κ1) is 12.5. The van der Waals surface area contributed by atoms with Gasteiger partial charge in [0.15, 0.2) is 4.96 Å². The lowest BCUT2D eigenvalue weighted by atomic mass is 10.3. The molecule has 0 radical (unpaired) electrons. The lowest BCUT2D eigenvalue weighted by Gasteiger charge is -1.99. The van der Waals surface area contributed by atoms with Crippen molar-refractivity contribution in [2.45, 2.75) is 6.92 Å². The molecular weight excluding hydrogens is 274 g/mol. The number of carbonyl (C=O) groups is 1. The van der Waals surface area contributed by atoms with Gasteiger partial charge in [0.2, 0.25) is 0 Å². The maximum atomic E-state index is 12.1. The van der Waals surface area contributed by atoms with E-state index in [0.717, 1.165) is 10.5 Å². The molecule has 20 heavy (non-hydrogen) atoms. The Bertz CT molecular complexity index is 775. The number of rotatable bonds is 3. The van der Waals surface area contributed by atoms with Crippen molar-refractivity contribution in [1.82, 2.24) is 19.8 Å². The van der Waals surface area contributed by atoms with Gasteiger partial charge in [-0.05, 0) is 24.6 Å². The van der Waals surface area contributed by atoms with E-state index in [4.69, 9.17) is 0 Å². The number of imidazole rings is 1. The summed E-state index contributed by atoms with van der Waals surface area (Å²) in [5.74, 6) is -0.279. The van der Waals surface area contributed by atoms with Gasteiger partial charge in [-0.1, -0.05) is 0 Å². The van der Waals surface area contributed by atoms with Crippen LogP contribution >= 0.6 is 11.3 Å². The number of nitrogens with zero attached hydrogens (tertiary/aromatic N) is 4. The molecule has 3 rings (SSSR count). The highest BCUT2D eigenvalue weighted by atomic mass is 32.1. The first-order valence-electron chi connectivity index (χ1n) is 5.91. The summed E-state index contributed by atoms with van der Waals surface area (Å²) in [4.78, 5) is 21.2. The molecule has 3 heterocycles. The summed E-state index contributed by atoms with van der Waals surface area (Å²) >= 11 is 1.49. The molecule has 0 aliphatic rings. The van der Waals surface area contributed by atoms with Gasteiger partial charge in [-0.2, -0.15) is 5.10 Å². The van der Waals surface area contributed by atoms with Gasteiger partial charge in [-0.15, -0.1) is 11.3 Å². The monoisotopic (exact) mass is 285 g/mol. The molecule has 3 aromatic heterocycles. The Morgan fingerprint density at radius 1 is 1.45 bits per heavy atom. The van der Waals surface area contributed by atoms with Gasteiger partial charge in [-0.3, -0.25) is 14.2 Å². The molecule has 3 aromatic rings. The Morgan fingerprint density at radius 3 is 3.05 bits per heavy atom. The summed E-state index contributed by atoms with van der Waals surface area (Å²) in [6, 6.07) is 3.60. The third-order valence-electron chi connectivity index (χ3n) is 2.74. The van der Waals surface area contributed by atoms with Crippen LogP contribution in [0.4, 0.5) is 0 Å². The van der Waals surface area contributed by atoms with E-state index >= 15 is 0 Å². The normalized spacial score (nSPS) is 11.2. The van der Waals surface area contributed by atoms with Gasteiger partial charge in [0.05, 0.1) is 11.9 Å². The highest BCUT2D eigenvalue weighted by Crippen LogP contribution is 2.16. The van der Waals surface area contributed by atoms with Crippen molar-refractivity contribution in [3.8, 4) is 0 Å². The summed E-state index contributed by atoms with van der Waals surface area (Å²) < 4.78 is 1.76. The van der Waals surface area contributed by atoms with Crippen LogP contribution in [0.25, 0.3) is 4.96 Å². The molecule has 1 amide bonds. The zero-order valence-corrected chi connectivity index (χ0v) is 11.5. The predicted octanol–water partition coefficient (Wildman–Crippen LogP) is 1.86. The Kier molecular flexibility index (Phi) is 3.26. The van der Waals surface area contributed by atoms with Crippen LogP contribution in [0, 0.1) is 6.92 Å². The van der Waals surface area contributed by atoms with E-state index in [1.807, 2.05) is 11.6 Å². The van der Waals surface area contributed by atoms with Crippen LogP contribution in [-0.2, 0) is 0 Å². The van der Waals surface area contributed by atoms with Crippen molar-refractivity contribution in [2.24, 2.45) is 5.10 Å². The van der Waals surface area contributed by atoms with Crippen LogP contribution in [0.5, 0.6) is 0 Å². The minimum Gasteiger partial charge on any atom is -0.286 e. The molecule has 0 atom stereocenters. The molecule has 0 aliphatic heterocycles. The second-order valence-electron chi connectivity index (χ2n) is 4.08. The van der Waals surface area contributed by atoms with E-state index in [2.05, 4.69) is 20.5 Å². The van der Waals surface area contributed by atoms with Crippen LogP contribution in [0.2, 0.25) is 0 Å². The van der Waals surface area contributed by atoms with E-state index in [1.54, 1.807) is 42.1 Å². The molecule has 0 aromatic carbocycles. The quantitative estimate of drug-likeness (QED) is 0.590. The summed E-state index contributed by atoms with van der Waals surface area (Å²) in [6.07, 6.45) is 6.72. The summed E-state index contributed by atoms with van der Waals surface area (Å²) in [5.41, 5.74) is 4.57. The maximum Gasteiger partial charge on any atom is 0.290 e. The number of nitrogens with one attached hydrogen (secondary N) is 1. The van der Waals surface area contributed by atoms with E-state index < -0.39 is 0 Å². The topological polar surface area (TPSA) is 71.7 Å². The summed E-state index contributed by atoms with van der Waals surface area (Å²) in [6.45, 7) is 1.81. The summed E-state index contributed by atoms with van der Waals surface area (Å²) in [7, 11) is 0. The Labute approximate surface area is 118 Å². The van der Waals surface area contributed by atoms with Crippen molar-refractivity contribution >= 4 is 28.4 Å². The highest BCUT2D eigenvalue weighted by Gasteiger charge is 2.16. The van der Waals surface area contributed by atoms with Crippen molar-refractivity contribution in [3.05, 3.63) is 53.1 Å². The fourth-order valence-corrected chi connectivity index (χ4v) is 2.60.